The van der Waals surface area contributed by atoms with Gasteiger partial charge in [-0.15, -0.1) is 0 Å². The summed E-state index contributed by atoms with van der Waals surface area (Å²) in [6.07, 6.45) is 0. The minimum atomic E-state index is -1.89. The fourth-order valence-corrected chi connectivity index (χ4v) is 11.1. The van der Waals surface area contributed by atoms with Gasteiger partial charge in [-0.05, 0) is 95.6 Å². The summed E-state index contributed by atoms with van der Waals surface area (Å²) >= 11 is 0. The largest absolute Gasteiger partial charge is 0.208 e. The molecule has 0 saturated carbocycles. The lowest BCUT2D eigenvalue weighted by atomic mass is 9.99. The zero-order chi connectivity index (χ0) is 35.5. The lowest BCUT2D eigenvalue weighted by Crippen LogP contribution is -2.49. The first-order chi connectivity index (χ1) is 26.0. The second kappa shape index (κ2) is 12.3. The SMILES string of the molecule is C[Si]1(C)c2ccc(-c3nc(-c4cccc(-c5ccccc5)c4)nc(-c4ccc5cc(-c6ccccc6)ccc5c4)n3)cc2-c2cc3ccccc3cc21. The molecule has 3 nitrogen and oxygen atoms in total. The van der Waals surface area contributed by atoms with Crippen LogP contribution in [0.25, 0.3) is 89.1 Å². The first kappa shape index (κ1) is 31.3. The maximum absolute atomic E-state index is 5.21. The van der Waals surface area contributed by atoms with Crippen LogP contribution in [0.3, 0.4) is 0 Å². The molecule has 250 valence electrons. The molecule has 1 aliphatic rings. The number of rotatable bonds is 5. The first-order valence-electron chi connectivity index (χ1n) is 18.2. The molecule has 0 aliphatic carbocycles. The third kappa shape index (κ3) is 5.47. The summed E-state index contributed by atoms with van der Waals surface area (Å²) in [5.41, 5.74) is 10.2. The van der Waals surface area contributed by atoms with Gasteiger partial charge in [0.25, 0.3) is 0 Å². The third-order valence-electron chi connectivity index (χ3n) is 10.9. The summed E-state index contributed by atoms with van der Waals surface area (Å²) in [7, 11) is -1.89. The minimum absolute atomic E-state index is 0.656. The van der Waals surface area contributed by atoms with Crippen LogP contribution in [0.15, 0.2) is 176 Å². The molecule has 0 atom stereocenters. The Morgan fingerprint density at radius 1 is 0.302 bits per heavy atom. The molecule has 9 aromatic rings. The molecule has 0 spiro atoms. The summed E-state index contributed by atoms with van der Waals surface area (Å²) in [6, 6.07) is 63.0. The Hall–Kier alpha value is -6.49. The first-order valence-corrected chi connectivity index (χ1v) is 21.2. The molecule has 0 unspecified atom stereocenters. The van der Waals surface area contributed by atoms with Crippen molar-refractivity contribution in [3.8, 4) is 67.5 Å². The Kier molecular flexibility index (Phi) is 7.27. The zero-order valence-electron chi connectivity index (χ0n) is 29.6. The van der Waals surface area contributed by atoms with E-state index >= 15 is 0 Å². The molecule has 0 fully saturated rings. The molecule has 1 aromatic heterocycles. The smallest absolute Gasteiger partial charge is 0.164 e. The topological polar surface area (TPSA) is 38.7 Å². The van der Waals surface area contributed by atoms with E-state index in [1.807, 2.05) is 6.07 Å². The molecular formula is C49H35N3Si. The van der Waals surface area contributed by atoms with Crippen LogP contribution in [0, 0.1) is 0 Å². The highest BCUT2D eigenvalue weighted by Crippen LogP contribution is 2.35. The molecule has 1 aliphatic heterocycles. The van der Waals surface area contributed by atoms with E-state index in [4.69, 9.17) is 15.0 Å². The summed E-state index contributed by atoms with van der Waals surface area (Å²) in [5.74, 6) is 1.99. The molecule has 0 radical (unpaired) electrons. The average molecular weight is 694 g/mol. The van der Waals surface area contributed by atoms with Crippen LogP contribution in [-0.4, -0.2) is 23.0 Å². The summed E-state index contributed by atoms with van der Waals surface area (Å²) in [5, 5.41) is 7.84. The predicted octanol–water partition coefficient (Wildman–Crippen LogP) is 11.3. The lowest BCUT2D eigenvalue weighted by Gasteiger charge is -2.19. The van der Waals surface area contributed by atoms with Gasteiger partial charge in [0.05, 0.1) is 0 Å². The molecule has 53 heavy (non-hydrogen) atoms. The van der Waals surface area contributed by atoms with Crippen molar-refractivity contribution in [1.29, 1.82) is 0 Å². The average Bonchev–Trinajstić information content (AvgIpc) is 3.44. The molecule has 10 rings (SSSR count). The number of nitrogens with zero attached hydrogens (tertiary/aromatic N) is 3. The van der Waals surface area contributed by atoms with Crippen LogP contribution in [0.5, 0.6) is 0 Å². The quantitative estimate of drug-likeness (QED) is 0.168. The highest BCUT2D eigenvalue weighted by atomic mass is 28.3. The van der Waals surface area contributed by atoms with E-state index < -0.39 is 8.07 Å². The van der Waals surface area contributed by atoms with Crippen molar-refractivity contribution in [3.63, 3.8) is 0 Å². The van der Waals surface area contributed by atoms with Gasteiger partial charge in [0.2, 0.25) is 0 Å². The van der Waals surface area contributed by atoms with Crippen LogP contribution in [-0.2, 0) is 0 Å². The predicted molar refractivity (Wildman–Crippen MR) is 224 cm³/mol. The number of aromatic nitrogens is 3. The van der Waals surface area contributed by atoms with Crippen molar-refractivity contribution in [3.05, 3.63) is 176 Å². The molecule has 8 aromatic carbocycles. The van der Waals surface area contributed by atoms with Gasteiger partial charge in [0.15, 0.2) is 17.5 Å². The van der Waals surface area contributed by atoms with Crippen molar-refractivity contribution in [1.82, 2.24) is 15.0 Å². The van der Waals surface area contributed by atoms with E-state index in [1.54, 1.807) is 0 Å². The fraction of sp³-hybridized carbons (Fsp3) is 0.0408. The van der Waals surface area contributed by atoms with Crippen molar-refractivity contribution < 1.29 is 0 Å². The van der Waals surface area contributed by atoms with Crippen molar-refractivity contribution >= 4 is 40.0 Å². The number of benzene rings is 8. The van der Waals surface area contributed by atoms with E-state index in [0.717, 1.165) is 33.2 Å². The van der Waals surface area contributed by atoms with Crippen LogP contribution in [0.1, 0.15) is 0 Å². The Morgan fingerprint density at radius 2 is 0.736 bits per heavy atom. The van der Waals surface area contributed by atoms with Gasteiger partial charge in [-0.3, -0.25) is 0 Å². The Balaban J connectivity index is 1.13. The number of fused-ring (bicyclic) bond motifs is 5. The van der Waals surface area contributed by atoms with Gasteiger partial charge in [-0.25, -0.2) is 15.0 Å². The van der Waals surface area contributed by atoms with E-state index in [-0.39, 0.29) is 0 Å². The van der Waals surface area contributed by atoms with Crippen molar-refractivity contribution in [2.75, 3.05) is 0 Å². The van der Waals surface area contributed by atoms with Crippen LogP contribution < -0.4 is 10.4 Å². The van der Waals surface area contributed by atoms with E-state index in [1.165, 1.54) is 48.8 Å². The summed E-state index contributed by atoms with van der Waals surface area (Å²) in [6.45, 7) is 4.93. The monoisotopic (exact) mass is 693 g/mol. The van der Waals surface area contributed by atoms with Gasteiger partial charge in [0, 0.05) is 16.7 Å². The number of hydrogen-bond donors (Lipinski definition) is 0. The van der Waals surface area contributed by atoms with Crippen molar-refractivity contribution in [2.24, 2.45) is 0 Å². The molecule has 0 bridgehead atoms. The molecule has 0 amide bonds. The Morgan fingerprint density at radius 3 is 1.40 bits per heavy atom. The van der Waals surface area contributed by atoms with Gasteiger partial charge in [-0.1, -0.05) is 159 Å². The highest BCUT2D eigenvalue weighted by Gasteiger charge is 2.38. The zero-order valence-corrected chi connectivity index (χ0v) is 30.6. The molecule has 0 N–H and O–H groups in total. The van der Waals surface area contributed by atoms with Crippen LogP contribution >= 0.6 is 0 Å². The minimum Gasteiger partial charge on any atom is -0.208 e. The second-order valence-electron chi connectivity index (χ2n) is 14.5. The standard InChI is InChI=1S/C49H35N3Si/c1-53(2)45-25-24-42(30-43(45)44-29-35-16-9-10-17-36(35)31-46(44)53)49-51-47(40-19-11-18-34(27-40)32-12-5-3-6-13-32)50-48(52-49)41-23-22-38-26-37(20-21-39(38)28-41)33-14-7-4-8-15-33/h3-31H,1-2H3. The molecule has 0 saturated heterocycles. The maximum Gasteiger partial charge on any atom is 0.164 e. The lowest BCUT2D eigenvalue weighted by molar-refractivity contribution is 1.07. The van der Waals surface area contributed by atoms with Crippen LogP contribution in [0.4, 0.5) is 0 Å². The van der Waals surface area contributed by atoms with E-state index in [0.29, 0.717) is 17.5 Å². The third-order valence-corrected chi connectivity index (χ3v) is 14.4. The van der Waals surface area contributed by atoms with E-state index in [9.17, 15) is 0 Å². The molecule has 4 heteroatoms. The fourth-order valence-electron chi connectivity index (χ4n) is 8.00. The Bertz CT molecular complexity index is 2860. The maximum atomic E-state index is 5.21. The van der Waals surface area contributed by atoms with Crippen molar-refractivity contribution in [2.45, 2.75) is 13.1 Å². The normalized spacial score (nSPS) is 12.9. The molecule has 2 heterocycles. The second-order valence-corrected chi connectivity index (χ2v) is 18.9. The van der Waals surface area contributed by atoms with E-state index in [2.05, 4.69) is 183 Å². The summed E-state index contributed by atoms with van der Waals surface area (Å²) < 4.78 is 0. The number of hydrogen-bond acceptors (Lipinski definition) is 3. The highest BCUT2D eigenvalue weighted by molar-refractivity contribution is 7.04. The van der Waals surface area contributed by atoms with Gasteiger partial charge in [-0.2, -0.15) is 0 Å². The van der Waals surface area contributed by atoms with Gasteiger partial charge < -0.3 is 0 Å². The van der Waals surface area contributed by atoms with Gasteiger partial charge >= 0.3 is 0 Å². The summed E-state index contributed by atoms with van der Waals surface area (Å²) in [4.78, 5) is 15.6. The molecular weight excluding hydrogens is 659 g/mol. The van der Waals surface area contributed by atoms with Crippen LogP contribution in [0.2, 0.25) is 13.1 Å². The Labute approximate surface area is 310 Å². The van der Waals surface area contributed by atoms with Gasteiger partial charge in [0.1, 0.15) is 8.07 Å².